The number of aryl methyl sites for hydroxylation is 1. The first-order valence-corrected chi connectivity index (χ1v) is 19.4. The molecule has 0 bridgehead atoms. The van der Waals surface area contributed by atoms with Crippen LogP contribution in [-0.2, 0) is 4.79 Å². The van der Waals surface area contributed by atoms with Crippen molar-refractivity contribution in [1.29, 1.82) is 0 Å². The zero-order valence-corrected chi connectivity index (χ0v) is 32.8. The van der Waals surface area contributed by atoms with Crippen LogP contribution in [0.4, 0.5) is 0 Å². The molecule has 0 amide bonds. The number of esters is 1. The average molecular weight is 799 g/mol. The Morgan fingerprint density at radius 3 is 1.05 bits per heavy atom. The first kappa shape index (κ1) is 36.7. The van der Waals surface area contributed by atoms with Gasteiger partial charge in [-0.25, -0.2) is 19.9 Å². The van der Waals surface area contributed by atoms with Crippen LogP contribution in [0.1, 0.15) is 12.5 Å². The van der Waals surface area contributed by atoms with Crippen molar-refractivity contribution < 1.29 is 9.53 Å². The number of nitrogens with one attached hydrogen (secondary N) is 4. The molecule has 10 rings (SSSR count). The van der Waals surface area contributed by atoms with Gasteiger partial charge in [-0.1, -0.05) is 109 Å². The molecule has 0 saturated carbocycles. The monoisotopic (exact) mass is 798 g/mol. The van der Waals surface area contributed by atoms with Crippen LogP contribution in [0.2, 0.25) is 0 Å². The molecule has 0 radical (unpaired) electrons. The summed E-state index contributed by atoms with van der Waals surface area (Å²) in [5.41, 5.74) is 9.78. The minimum Gasteiger partial charge on any atom is -0.427 e. The standard InChI is InChI=1S/C47H34N12O2/c1-27-21-35(44-48-40(52-56-44)31-9-5-3-6-10-31)23-36(22-27)45-50-42(54-57-45)33-17-13-29(14-18-33)30-15-19-34(20-16-30)43-51-47(59-55-43)38-24-37(25-39(26-38)61-28(2)60)46-49-41(53-58-46)32-11-7-4-8-12-32/h3-26H,1-2H3,(H,48,52,56)(H,49,53,58)(H,50,54,57)(H,51,55,59). The molecule has 0 spiro atoms. The normalized spacial score (nSPS) is 11.2. The molecular formula is C47H34N12O2. The van der Waals surface area contributed by atoms with Crippen molar-refractivity contribution in [3.8, 4) is 108 Å². The van der Waals surface area contributed by atoms with Crippen molar-refractivity contribution in [3.63, 3.8) is 0 Å². The largest absolute Gasteiger partial charge is 0.427 e. The summed E-state index contributed by atoms with van der Waals surface area (Å²) in [6.07, 6.45) is 0. The second-order valence-corrected chi connectivity index (χ2v) is 14.3. The molecule has 6 aromatic carbocycles. The van der Waals surface area contributed by atoms with Gasteiger partial charge in [0, 0.05) is 51.4 Å². The highest BCUT2D eigenvalue weighted by atomic mass is 16.5. The van der Waals surface area contributed by atoms with E-state index in [1.165, 1.54) is 6.92 Å². The van der Waals surface area contributed by atoms with Gasteiger partial charge in [0.2, 0.25) is 0 Å². The Morgan fingerprint density at radius 2 is 0.705 bits per heavy atom. The third-order valence-corrected chi connectivity index (χ3v) is 9.96. The third kappa shape index (κ3) is 7.71. The van der Waals surface area contributed by atoms with E-state index in [1.807, 2.05) is 116 Å². The average Bonchev–Trinajstić information content (AvgIpc) is 4.15. The highest BCUT2D eigenvalue weighted by Gasteiger charge is 2.17. The van der Waals surface area contributed by atoms with Gasteiger partial charge in [-0.2, -0.15) is 20.4 Å². The fourth-order valence-electron chi connectivity index (χ4n) is 7.03. The van der Waals surface area contributed by atoms with Crippen molar-refractivity contribution in [2.75, 3.05) is 0 Å². The van der Waals surface area contributed by atoms with E-state index in [4.69, 9.17) is 19.7 Å². The number of nitrogens with zero attached hydrogens (tertiary/aromatic N) is 8. The van der Waals surface area contributed by atoms with Gasteiger partial charge in [-0.15, -0.1) is 0 Å². The first-order valence-electron chi connectivity index (χ1n) is 19.4. The summed E-state index contributed by atoms with van der Waals surface area (Å²) in [6, 6.07) is 47.2. The van der Waals surface area contributed by atoms with Gasteiger partial charge in [-0.3, -0.25) is 25.2 Å². The Kier molecular flexibility index (Phi) is 9.38. The zero-order valence-electron chi connectivity index (χ0n) is 32.8. The number of benzene rings is 6. The Morgan fingerprint density at radius 1 is 0.393 bits per heavy atom. The van der Waals surface area contributed by atoms with Crippen LogP contribution < -0.4 is 4.74 Å². The van der Waals surface area contributed by atoms with E-state index >= 15 is 0 Å². The fraction of sp³-hybridized carbons (Fsp3) is 0.0426. The SMILES string of the molecule is CC(=O)Oc1cc(-c2nc(-c3ccccc3)n[nH]2)cc(-c2nc(-c3ccc(-c4ccc(-c5n[nH]c(-c6cc(C)cc(-c7nc(-c8ccccc8)n[nH]7)c6)n5)cc4)cc3)n[nH]2)c1. The Hall–Kier alpha value is -8.65. The van der Waals surface area contributed by atoms with Crippen LogP contribution in [0.3, 0.4) is 0 Å². The summed E-state index contributed by atoms with van der Waals surface area (Å²) >= 11 is 0. The zero-order chi connectivity index (χ0) is 41.3. The van der Waals surface area contributed by atoms with Gasteiger partial charge in [0.1, 0.15) is 5.75 Å². The van der Waals surface area contributed by atoms with Gasteiger partial charge in [-0.05, 0) is 60.0 Å². The van der Waals surface area contributed by atoms with Crippen LogP contribution in [0, 0.1) is 6.92 Å². The molecule has 0 fully saturated rings. The van der Waals surface area contributed by atoms with Gasteiger partial charge in [0.05, 0.1) is 0 Å². The molecule has 61 heavy (non-hydrogen) atoms. The molecule has 0 aliphatic carbocycles. The molecule has 14 nitrogen and oxygen atoms in total. The predicted octanol–water partition coefficient (Wildman–Crippen LogP) is 9.40. The number of ether oxygens (including phenoxy) is 1. The number of aromatic amines is 4. The summed E-state index contributed by atoms with van der Waals surface area (Å²) in [5, 5.41) is 30.1. The Balaban J connectivity index is 0.846. The van der Waals surface area contributed by atoms with E-state index in [1.54, 1.807) is 12.1 Å². The summed E-state index contributed by atoms with van der Waals surface area (Å²) in [6.45, 7) is 3.40. The smallest absolute Gasteiger partial charge is 0.308 e. The van der Waals surface area contributed by atoms with E-state index in [-0.39, 0.29) is 0 Å². The van der Waals surface area contributed by atoms with Crippen molar-refractivity contribution in [2.45, 2.75) is 13.8 Å². The van der Waals surface area contributed by atoms with Gasteiger partial charge >= 0.3 is 5.97 Å². The number of rotatable bonds is 10. The van der Waals surface area contributed by atoms with E-state index in [0.29, 0.717) is 63.5 Å². The van der Waals surface area contributed by atoms with Gasteiger partial charge in [0.25, 0.3) is 0 Å². The lowest BCUT2D eigenvalue weighted by atomic mass is 10.0. The molecule has 14 heteroatoms. The maximum Gasteiger partial charge on any atom is 0.308 e. The van der Waals surface area contributed by atoms with Gasteiger partial charge in [0.15, 0.2) is 46.6 Å². The number of carbonyl (C=O) groups excluding carboxylic acids is 1. The molecule has 10 aromatic rings. The van der Waals surface area contributed by atoms with Gasteiger partial charge < -0.3 is 4.74 Å². The minimum absolute atomic E-state index is 0.344. The fourth-order valence-corrected chi connectivity index (χ4v) is 7.03. The van der Waals surface area contributed by atoms with Crippen LogP contribution in [-0.4, -0.2) is 66.7 Å². The lowest BCUT2D eigenvalue weighted by Gasteiger charge is -2.06. The second-order valence-electron chi connectivity index (χ2n) is 14.3. The van der Waals surface area contributed by atoms with E-state index in [0.717, 1.165) is 50.1 Å². The van der Waals surface area contributed by atoms with Crippen LogP contribution in [0.5, 0.6) is 5.75 Å². The quantitative estimate of drug-likeness (QED) is 0.0765. The lowest BCUT2D eigenvalue weighted by molar-refractivity contribution is -0.131. The van der Waals surface area contributed by atoms with Crippen LogP contribution in [0.15, 0.2) is 146 Å². The molecule has 4 heterocycles. The topological polar surface area (TPSA) is 193 Å². The van der Waals surface area contributed by atoms with E-state index < -0.39 is 5.97 Å². The predicted molar refractivity (Wildman–Crippen MR) is 231 cm³/mol. The molecule has 0 aliphatic rings. The molecule has 0 aliphatic heterocycles. The van der Waals surface area contributed by atoms with E-state index in [9.17, 15) is 4.79 Å². The third-order valence-electron chi connectivity index (χ3n) is 9.96. The minimum atomic E-state index is -0.444. The van der Waals surface area contributed by atoms with E-state index in [2.05, 4.69) is 70.0 Å². The maximum absolute atomic E-state index is 11.9. The Bertz CT molecular complexity index is 3150. The van der Waals surface area contributed by atoms with Crippen LogP contribution in [0.25, 0.3) is 102 Å². The van der Waals surface area contributed by atoms with Crippen LogP contribution >= 0.6 is 0 Å². The highest BCUT2D eigenvalue weighted by molar-refractivity contribution is 5.76. The summed E-state index contributed by atoms with van der Waals surface area (Å²) in [7, 11) is 0. The molecule has 0 saturated heterocycles. The van der Waals surface area contributed by atoms with Crippen molar-refractivity contribution in [2.24, 2.45) is 0 Å². The molecule has 4 aromatic heterocycles. The van der Waals surface area contributed by atoms with Crippen molar-refractivity contribution >= 4 is 5.97 Å². The van der Waals surface area contributed by atoms with Crippen molar-refractivity contribution in [3.05, 3.63) is 151 Å². The van der Waals surface area contributed by atoms with Crippen molar-refractivity contribution in [1.82, 2.24) is 60.7 Å². The number of H-pyrrole nitrogens is 4. The maximum atomic E-state index is 11.9. The summed E-state index contributed by atoms with van der Waals surface area (Å²) < 4.78 is 5.49. The number of hydrogen-bond donors (Lipinski definition) is 4. The molecule has 0 unspecified atom stereocenters. The Labute approximate surface area is 348 Å². The molecule has 0 atom stereocenters. The molecular weight excluding hydrogens is 765 g/mol. The molecule has 294 valence electrons. The number of aromatic nitrogens is 12. The second kappa shape index (κ2) is 15.6. The highest BCUT2D eigenvalue weighted by Crippen LogP contribution is 2.32. The molecule has 4 N–H and O–H groups in total. The number of carbonyl (C=O) groups is 1. The number of hydrogen-bond acceptors (Lipinski definition) is 10. The summed E-state index contributed by atoms with van der Waals surface area (Å²) in [5.74, 6) is 4.55. The first-order chi connectivity index (χ1) is 29.9. The lowest BCUT2D eigenvalue weighted by Crippen LogP contribution is -2.02. The summed E-state index contributed by atoms with van der Waals surface area (Å²) in [4.78, 5) is 31.0.